The van der Waals surface area contributed by atoms with Gasteiger partial charge in [0.2, 0.25) is 0 Å². The van der Waals surface area contributed by atoms with Crippen molar-refractivity contribution in [1.82, 2.24) is 5.01 Å². The fraction of sp³-hybridized carbons (Fsp3) is 1.00. The van der Waals surface area contributed by atoms with Crippen LogP contribution in [0.25, 0.3) is 0 Å². The summed E-state index contributed by atoms with van der Waals surface area (Å²) in [6, 6.07) is -0.0116. The third kappa shape index (κ3) is 1.18. The highest BCUT2D eigenvalue weighted by Crippen LogP contribution is 2.15. The SMILES string of the molecule is O=NN1CCCC1CO. The largest absolute Gasteiger partial charge is 0.394 e. The van der Waals surface area contributed by atoms with Crippen LogP contribution in [0.15, 0.2) is 5.29 Å². The molecule has 0 amide bonds. The Labute approximate surface area is 53.4 Å². The maximum absolute atomic E-state index is 9.94. The molecule has 0 aromatic rings. The van der Waals surface area contributed by atoms with Gasteiger partial charge >= 0.3 is 0 Å². The number of rotatable bonds is 2. The number of aliphatic hydroxyl groups is 1. The van der Waals surface area contributed by atoms with Gasteiger partial charge in [0.1, 0.15) is 0 Å². The van der Waals surface area contributed by atoms with E-state index in [-0.39, 0.29) is 12.6 Å². The monoisotopic (exact) mass is 130 g/mol. The van der Waals surface area contributed by atoms with Crippen molar-refractivity contribution in [2.24, 2.45) is 5.29 Å². The van der Waals surface area contributed by atoms with Crippen molar-refractivity contribution in [1.29, 1.82) is 0 Å². The molecule has 9 heavy (non-hydrogen) atoms. The molecule has 1 aliphatic heterocycles. The molecule has 1 rings (SSSR count). The van der Waals surface area contributed by atoms with Crippen molar-refractivity contribution >= 4 is 0 Å². The summed E-state index contributed by atoms with van der Waals surface area (Å²) in [5.41, 5.74) is 0. The number of nitroso groups, excluding NO2 is 1. The molecule has 1 fully saturated rings. The highest BCUT2D eigenvalue weighted by Gasteiger charge is 2.22. The van der Waals surface area contributed by atoms with Crippen LogP contribution in [0.4, 0.5) is 0 Å². The highest BCUT2D eigenvalue weighted by molar-refractivity contribution is 4.74. The summed E-state index contributed by atoms with van der Waals surface area (Å²) in [5.74, 6) is 0. The first kappa shape index (κ1) is 6.48. The fourth-order valence-corrected chi connectivity index (χ4v) is 1.11. The standard InChI is InChI=1S/C5H10N2O2/c8-4-5-2-1-3-7(5)6-9/h5,8H,1-4H2. The fourth-order valence-electron chi connectivity index (χ4n) is 1.11. The quantitative estimate of drug-likeness (QED) is 0.540. The third-order valence-electron chi connectivity index (χ3n) is 1.66. The molecule has 0 aliphatic carbocycles. The first-order valence-electron chi connectivity index (χ1n) is 3.09. The van der Waals surface area contributed by atoms with Crippen LogP contribution < -0.4 is 0 Å². The summed E-state index contributed by atoms with van der Waals surface area (Å²) in [4.78, 5) is 9.94. The van der Waals surface area contributed by atoms with Crippen LogP contribution in [-0.2, 0) is 0 Å². The summed E-state index contributed by atoms with van der Waals surface area (Å²) >= 11 is 0. The molecule has 0 saturated carbocycles. The second-order valence-corrected chi connectivity index (χ2v) is 2.22. The van der Waals surface area contributed by atoms with Crippen LogP contribution in [0.3, 0.4) is 0 Å². The Balaban J connectivity index is 2.41. The zero-order valence-electron chi connectivity index (χ0n) is 5.16. The van der Waals surface area contributed by atoms with Gasteiger partial charge in [0.05, 0.1) is 17.9 Å². The summed E-state index contributed by atoms with van der Waals surface area (Å²) in [5, 5.41) is 12.8. The average molecular weight is 130 g/mol. The zero-order chi connectivity index (χ0) is 6.69. The molecular formula is C5H10N2O2. The van der Waals surface area contributed by atoms with E-state index in [4.69, 9.17) is 5.11 Å². The van der Waals surface area contributed by atoms with Gasteiger partial charge in [0.25, 0.3) is 0 Å². The van der Waals surface area contributed by atoms with Crippen molar-refractivity contribution in [3.05, 3.63) is 4.91 Å². The summed E-state index contributed by atoms with van der Waals surface area (Å²) in [6.07, 6.45) is 1.86. The topological polar surface area (TPSA) is 52.9 Å². The van der Waals surface area contributed by atoms with Gasteiger partial charge in [0, 0.05) is 6.54 Å². The van der Waals surface area contributed by atoms with Crippen molar-refractivity contribution in [2.75, 3.05) is 13.2 Å². The van der Waals surface area contributed by atoms with Crippen molar-refractivity contribution in [2.45, 2.75) is 18.9 Å². The second kappa shape index (κ2) is 2.77. The smallest absolute Gasteiger partial charge is 0.0734 e. The Bertz CT molecular complexity index is 107. The molecule has 0 bridgehead atoms. The van der Waals surface area contributed by atoms with E-state index in [0.717, 1.165) is 12.8 Å². The summed E-state index contributed by atoms with van der Waals surface area (Å²) in [7, 11) is 0. The lowest BCUT2D eigenvalue weighted by atomic mass is 10.2. The predicted octanol–water partition coefficient (Wildman–Crippen LogP) is 0.125. The molecule has 1 aliphatic rings. The molecule has 1 saturated heterocycles. The van der Waals surface area contributed by atoms with Gasteiger partial charge in [-0.15, -0.1) is 4.91 Å². The maximum Gasteiger partial charge on any atom is 0.0734 e. The van der Waals surface area contributed by atoms with Crippen molar-refractivity contribution in [3.63, 3.8) is 0 Å². The molecular weight excluding hydrogens is 120 g/mol. The Hall–Kier alpha value is -0.640. The van der Waals surface area contributed by atoms with E-state index in [9.17, 15) is 4.91 Å². The molecule has 0 radical (unpaired) electrons. The normalized spacial score (nSPS) is 26.8. The zero-order valence-corrected chi connectivity index (χ0v) is 5.16. The lowest BCUT2D eigenvalue weighted by Gasteiger charge is -2.13. The summed E-state index contributed by atoms with van der Waals surface area (Å²) < 4.78 is 0. The Kier molecular flexibility index (Phi) is 2.00. The van der Waals surface area contributed by atoms with Gasteiger partial charge in [-0.25, -0.2) is 0 Å². The van der Waals surface area contributed by atoms with Crippen LogP contribution in [0.5, 0.6) is 0 Å². The number of aliphatic hydroxyl groups excluding tert-OH is 1. The molecule has 4 nitrogen and oxygen atoms in total. The van der Waals surface area contributed by atoms with Crippen LogP contribution in [0, 0.1) is 4.91 Å². The van der Waals surface area contributed by atoms with Crippen molar-refractivity contribution in [3.8, 4) is 0 Å². The number of nitrogens with zero attached hydrogens (tertiary/aromatic N) is 2. The van der Waals surface area contributed by atoms with Gasteiger partial charge in [-0.05, 0) is 12.8 Å². The molecule has 0 aromatic heterocycles. The van der Waals surface area contributed by atoms with Crippen LogP contribution in [0.1, 0.15) is 12.8 Å². The molecule has 0 spiro atoms. The van der Waals surface area contributed by atoms with E-state index in [0.29, 0.717) is 6.54 Å². The van der Waals surface area contributed by atoms with Gasteiger partial charge in [-0.1, -0.05) is 0 Å². The van der Waals surface area contributed by atoms with E-state index >= 15 is 0 Å². The van der Waals surface area contributed by atoms with E-state index < -0.39 is 0 Å². The molecule has 1 atom stereocenters. The number of hydrogen-bond acceptors (Lipinski definition) is 3. The molecule has 0 aromatic carbocycles. The van der Waals surface area contributed by atoms with Crippen LogP contribution in [0.2, 0.25) is 0 Å². The van der Waals surface area contributed by atoms with E-state index in [1.54, 1.807) is 0 Å². The first-order valence-corrected chi connectivity index (χ1v) is 3.09. The van der Waals surface area contributed by atoms with E-state index in [1.807, 2.05) is 0 Å². The van der Waals surface area contributed by atoms with Crippen LogP contribution >= 0.6 is 0 Å². The van der Waals surface area contributed by atoms with Gasteiger partial charge < -0.3 is 5.11 Å². The second-order valence-electron chi connectivity index (χ2n) is 2.22. The van der Waals surface area contributed by atoms with Gasteiger partial charge in [0.15, 0.2) is 0 Å². The minimum atomic E-state index is -0.0116. The van der Waals surface area contributed by atoms with Gasteiger partial charge in [-0.3, -0.25) is 5.01 Å². The van der Waals surface area contributed by atoms with Crippen molar-refractivity contribution < 1.29 is 5.11 Å². The van der Waals surface area contributed by atoms with Crippen LogP contribution in [-0.4, -0.2) is 29.3 Å². The molecule has 4 heteroatoms. The minimum absolute atomic E-state index is 0.0116. The lowest BCUT2D eigenvalue weighted by molar-refractivity contribution is 0.161. The highest BCUT2D eigenvalue weighted by atomic mass is 16.3. The first-order chi connectivity index (χ1) is 4.38. The van der Waals surface area contributed by atoms with E-state index in [2.05, 4.69) is 5.29 Å². The Morgan fingerprint density at radius 1 is 1.78 bits per heavy atom. The minimum Gasteiger partial charge on any atom is -0.394 e. The predicted molar refractivity (Wildman–Crippen MR) is 32.6 cm³/mol. The molecule has 1 unspecified atom stereocenters. The summed E-state index contributed by atoms with van der Waals surface area (Å²) in [6.45, 7) is 0.750. The maximum atomic E-state index is 9.94. The molecule has 52 valence electrons. The molecule has 1 N–H and O–H groups in total. The van der Waals surface area contributed by atoms with E-state index in [1.165, 1.54) is 5.01 Å². The average Bonchev–Trinajstić information content (AvgIpc) is 2.33. The lowest BCUT2D eigenvalue weighted by Crippen LogP contribution is -2.26. The molecule has 1 heterocycles. The van der Waals surface area contributed by atoms with Gasteiger partial charge in [-0.2, -0.15) is 0 Å². The third-order valence-corrected chi connectivity index (χ3v) is 1.66. The number of hydrogen-bond donors (Lipinski definition) is 1. The Morgan fingerprint density at radius 2 is 2.56 bits per heavy atom. The Morgan fingerprint density at radius 3 is 3.00 bits per heavy atom.